The number of hydrogen-bond donors (Lipinski definition) is 2. The number of carboxylic acids is 1. The minimum atomic E-state index is -1.29. The van der Waals surface area contributed by atoms with Gasteiger partial charge < -0.3 is 20.1 Å². The first-order valence-electron chi connectivity index (χ1n) is 11.3. The van der Waals surface area contributed by atoms with Crippen molar-refractivity contribution in [1.82, 2.24) is 5.32 Å². The summed E-state index contributed by atoms with van der Waals surface area (Å²) in [5, 5.41) is 12.3. The highest BCUT2D eigenvalue weighted by atomic mass is 16.5. The summed E-state index contributed by atoms with van der Waals surface area (Å²) in [4.78, 5) is 26.6. The van der Waals surface area contributed by atoms with Gasteiger partial charge in [-0.1, -0.05) is 31.2 Å². The third-order valence-electron chi connectivity index (χ3n) is 5.88. The molecule has 3 rings (SSSR count). The number of anilines is 1. The quantitative estimate of drug-likeness (QED) is 0.633. The Morgan fingerprint density at radius 1 is 1.19 bits per heavy atom. The summed E-state index contributed by atoms with van der Waals surface area (Å²) in [5.74, 6) is 0.0565. The Kier molecular flexibility index (Phi) is 7.44. The van der Waals surface area contributed by atoms with Gasteiger partial charge in [-0.3, -0.25) is 4.79 Å². The fraction of sp³-hybridized carbons (Fsp3) is 0.462. The first kappa shape index (κ1) is 23.6. The topological polar surface area (TPSA) is 78.9 Å². The van der Waals surface area contributed by atoms with Gasteiger partial charge in [0.25, 0.3) is 5.91 Å². The molecule has 0 radical (unpaired) electrons. The van der Waals surface area contributed by atoms with Crippen LogP contribution in [0.25, 0.3) is 0 Å². The van der Waals surface area contributed by atoms with E-state index in [9.17, 15) is 14.7 Å². The van der Waals surface area contributed by atoms with E-state index in [0.717, 1.165) is 30.8 Å². The van der Waals surface area contributed by atoms with E-state index in [1.54, 1.807) is 12.1 Å². The summed E-state index contributed by atoms with van der Waals surface area (Å²) >= 11 is 0. The van der Waals surface area contributed by atoms with Crippen molar-refractivity contribution in [3.05, 3.63) is 59.7 Å². The van der Waals surface area contributed by atoms with Crippen molar-refractivity contribution in [3.63, 3.8) is 0 Å². The maximum atomic E-state index is 13.1. The highest BCUT2D eigenvalue weighted by Gasteiger charge is 2.29. The second kappa shape index (κ2) is 10.1. The van der Waals surface area contributed by atoms with E-state index < -0.39 is 11.6 Å². The third-order valence-corrected chi connectivity index (χ3v) is 5.88. The first-order valence-corrected chi connectivity index (χ1v) is 11.3. The van der Waals surface area contributed by atoms with E-state index in [4.69, 9.17) is 4.74 Å². The molecular weight excluding hydrogens is 404 g/mol. The number of nitrogens with one attached hydrogen (secondary N) is 1. The summed E-state index contributed by atoms with van der Waals surface area (Å²) in [6.07, 6.45) is 3.05. The molecule has 0 aromatic heterocycles. The molecule has 0 bridgehead atoms. The number of hydrogen-bond acceptors (Lipinski definition) is 4. The van der Waals surface area contributed by atoms with Crippen LogP contribution in [0.3, 0.4) is 0 Å². The Bertz CT molecular complexity index is 939. The number of rotatable bonds is 8. The van der Waals surface area contributed by atoms with Crippen molar-refractivity contribution in [1.29, 1.82) is 0 Å². The molecule has 2 aromatic carbocycles. The van der Waals surface area contributed by atoms with Gasteiger partial charge in [-0.05, 0) is 75.8 Å². The standard InChI is InChI=1S/C26H34N2O4/c1-18-8-7-15-28(17-18)23-10-6-5-9-22(23)24(29)27-19(2)16-20-11-13-21(14-12-20)32-26(3,4)25(30)31/h5-6,9-14,18-19H,7-8,15-17H2,1-4H3,(H,27,29)(H,30,31)/t18-,19?/m1/s1. The molecule has 0 saturated carbocycles. The van der Waals surface area contributed by atoms with Crippen LogP contribution in [0.2, 0.25) is 0 Å². The molecule has 0 aliphatic carbocycles. The predicted molar refractivity (Wildman–Crippen MR) is 126 cm³/mol. The van der Waals surface area contributed by atoms with Gasteiger partial charge in [0, 0.05) is 24.8 Å². The fourth-order valence-electron chi connectivity index (χ4n) is 4.09. The van der Waals surface area contributed by atoms with E-state index in [-0.39, 0.29) is 11.9 Å². The number of ether oxygens (including phenoxy) is 1. The lowest BCUT2D eigenvalue weighted by molar-refractivity contribution is -0.152. The van der Waals surface area contributed by atoms with Crippen LogP contribution in [-0.4, -0.2) is 41.7 Å². The normalized spacial score (nSPS) is 17.5. The van der Waals surface area contributed by atoms with E-state index in [1.807, 2.05) is 43.3 Å². The van der Waals surface area contributed by atoms with Crippen molar-refractivity contribution in [2.75, 3.05) is 18.0 Å². The van der Waals surface area contributed by atoms with Gasteiger partial charge in [-0.25, -0.2) is 4.79 Å². The van der Waals surface area contributed by atoms with Gasteiger partial charge >= 0.3 is 5.97 Å². The van der Waals surface area contributed by atoms with Crippen LogP contribution in [0.1, 0.15) is 56.5 Å². The average Bonchev–Trinajstić information content (AvgIpc) is 2.74. The molecule has 2 N–H and O–H groups in total. The number of carboxylic acid groups (broad SMARTS) is 1. The molecule has 2 aromatic rings. The van der Waals surface area contributed by atoms with Crippen molar-refractivity contribution in [2.24, 2.45) is 5.92 Å². The highest BCUT2D eigenvalue weighted by Crippen LogP contribution is 2.26. The van der Waals surface area contributed by atoms with E-state index >= 15 is 0 Å². The van der Waals surface area contributed by atoms with Crippen molar-refractivity contribution in [3.8, 4) is 5.75 Å². The molecule has 172 valence electrons. The highest BCUT2D eigenvalue weighted by molar-refractivity contribution is 6.00. The second-order valence-electron chi connectivity index (χ2n) is 9.35. The number of para-hydroxylation sites is 1. The number of aliphatic carboxylic acids is 1. The molecule has 6 heteroatoms. The lowest BCUT2D eigenvalue weighted by atomic mass is 9.98. The Morgan fingerprint density at radius 3 is 2.53 bits per heavy atom. The summed E-state index contributed by atoms with van der Waals surface area (Å²) in [6, 6.07) is 15.1. The van der Waals surface area contributed by atoms with E-state index in [1.165, 1.54) is 20.3 Å². The maximum absolute atomic E-state index is 13.1. The van der Waals surface area contributed by atoms with Crippen LogP contribution < -0.4 is 15.0 Å². The average molecular weight is 439 g/mol. The van der Waals surface area contributed by atoms with Crippen LogP contribution in [0, 0.1) is 5.92 Å². The monoisotopic (exact) mass is 438 g/mol. The Morgan fingerprint density at radius 2 is 1.88 bits per heavy atom. The third kappa shape index (κ3) is 6.02. The molecule has 1 saturated heterocycles. The fourth-order valence-corrected chi connectivity index (χ4v) is 4.09. The summed E-state index contributed by atoms with van der Waals surface area (Å²) in [6.45, 7) is 9.24. The van der Waals surface area contributed by atoms with Gasteiger partial charge in [0.15, 0.2) is 5.60 Å². The van der Waals surface area contributed by atoms with Crippen molar-refractivity contribution < 1.29 is 19.4 Å². The Balaban J connectivity index is 1.61. The lowest BCUT2D eigenvalue weighted by Gasteiger charge is -2.34. The van der Waals surface area contributed by atoms with Crippen molar-refractivity contribution >= 4 is 17.6 Å². The number of carbonyl (C=O) groups excluding carboxylic acids is 1. The molecule has 1 aliphatic heterocycles. The number of benzene rings is 2. The summed E-state index contributed by atoms with van der Waals surface area (Å²) < 4.78 is 5.55. The smallest absolute Gasteiger partial charge is 0.347 e. The predicted octanol–water partition coefficient (Wildman–Crippen LogP) is 4.53. The van der Waals surface area contributed by atoms with Crippen LogP contribution in [-0.2, 0) is 11.2 Å². The van der Waals surface area contributed by atoms with E-state index in [0.29, 0.717) is 23.7 Å². The Hall–Kier alpha value is -3.02. The largest absolute Gasteiger partial charge is 0.478 e. The first-order chi connectivity index (χ1) is 15.2. The Labute approximate surface area is 190 Å². The summed E-state index contributed by atoms with van der Waals surface area (Å²) in [5.41, 5.74) is 1.47. The SMILES string of the molecule is CC(Cc1ccc(OC(C)(C)C(=O)O)cc1)NC(=O)c1ccccc1N1CCC[C@@H](C)C1. The van der Waals surface area contributed by atoms with Gasteiger partial charge in [-0.2, -0.15) is 0 Å². The molecular formula is C26H34N2O4. The lowest BCUT2D eigenvalue weighted by Crippen LogP contribution is -2.38. The second-order valence-corrected chi connectivity index (χ2v) is 9.35. The van der Waals surface area contributed by atoms with Crippen LogP contribution in [0.15, 0.2) is 48.5 Å². The van der Waals surface area contributed by atoms with Gasteiger partial charge in [0.05, 0.1) is 5.56 Å². The van der Waals surface area contributed by atoms with Crippen LogP contribution in [0.5, 0.6) is 5.75 Å². The number of piperidine rings is 1. The van der Waals surface area contributed by atoms with Gasteiger partial charge in [-0.15, -0.1) is 0 Å². The molecule has 2 atom stereocenters. The van der Waals surface area contributed by atoms with Crippen LogP contribution >= 0.6 is 0 Å². The molecule has 6 nitrogen and oxygen atoms in total. The van der Waals surface area contributed by atoms with Crippen molar-refractivity contribution in [2.45, 2.75) is 58.6 Å². The van der Waals surface area contributed by atoms with Gasteiger partial charge in [0.1, 0.15) is 5.75 Å². The van der Waals surface area contributed by atoms with E-state index in [2.05, 4.69) is 17.1 Å². The molecule has 1 unspecified atom stereocenters. The zero-order valence-electron chi connectivity index (χ0n) is 19.4. The van der Waals surface area contributed by atoms with Crippen LogP contribution in [0.4, 0.5) is 5.69 Å². The minimum Gasteiger partial charge on any atom is -0.478 e. The zero-order valence-corrected chi connectivity index (χ0v) is 19.4. The number of amides is 1. The molecule has 32 heavy (non-hydrogen) atoms. The molecule has 0 spiro atoms. The molecule has 1 aliphatic rings. The zero-order chi connectivity index (χ0) is 23.3. The summed E-state index contributed by atoms with van der Waals surface area (Å²) in [7, 11) is 0. The minimum absolute atomic E-state index is 0.0573. The molecule has 1 heterocycles. The molecule has 1 fully saturated rings. The number of nitrogens with zero attached hydrogens (tertiary/aromatic N) is 1. The maximum Gasteiger partial charge on any atom is 0.347 e. The number of carbonyl (C=O) groups is 2. The molecule has 1 amide bonds. The van der Waals surface area contributed by atoms with Gasteiger partial charge in [0.2, 0.25) is 0 Å².